The number of nitrogens with zero attached hydrogens (tertiary/aromatic N) is 1. The Kier molecular flexibility index (Phi) is 4.43. The van der Waals surface area contributed by atoms with Gasteiger partial charge in [0.2, 0.25) is 5.91 Å². The van der Waals surface area contributed by atoms with E-state index in [0.717, 1.165) is 43.9 Å². The van der Waals surface area contributed by atoms with E-state index in [1.54, 1.807) is 0 Å². The predicted molar refractivity (Wildman–Crippen MR) is 115 cm³/mol. The van der Waals surface area contributed by atoms with E-state index in [2.05, 4.69) is 33.2 Å². The van der Waals surface area contributed by atoms with Crippen LogP contribution in [0.25, 0.3) is 0 Å². The number of ether oxygens (including phenoxy) is 2. The molecule has 5 atom stereocenters. The first-order chi connectivity index (χ1) is 15.1. The molecule has 5 aliphatic rings. The van der Waals surface area contributed by atoms with E-state index in [4.69, 9.17) is 4.74 Å². The van der Waals surface area contributed by atoms with Crippen LogP contribution in [-0.2, 0) is 26.2 Å². The van der Waals surface area contributed by atoms with Crippen molar-refractivity contribution in [1.29, 1.82) is 0 Å². The van der Waals surface area contributed by atoms with Crippen LogP contribution < -0.4 is 10.1 Å². The fourth-order valence-electron chi connectivity index (χ4n) is 7.05. The molecule has 3 fully saturated rings. The molecule has 2 bridgehead atoms. The maximum atomic E-state index is 12.5. The Morgan fingerprint density at radius 1 is 1.26 bits per heavy atom. The monoisotopic (exact) mass is 422 g/mol. The van der Waals surface area contributed by atoms with Gasteiger partial charge in [-0.1, -0.05) is 12.1 Å². The van der Waals surface area contributed by atoms with Crippen LogP contribution in [0, 0.1) is 11.8 Å². The molecule has 0 radical (unpaired) electrons. The molecular formula is C25H30N2O4. The molecule has 2 saturated carbocycles. The molecule has 6 rings (SSSR count). The highest BCUT2D eigenvalue weighted by Gasteiger charge is 2.65. The first kappa shape index (κ1) is 19.4. The average Bonchev–Trinajstić information content (AvgIpc) is 3.53. The van der Waals surface area contributed by atoms with Gasteiger partial charge in [-0.2, -0.15) is 0 Å². The Morgan fingerprint density at radius 3 is 2.94 bits per heavy atom. The second-order valence-electron chi connectivity index (χ2n) is 9.98. The van der Waals surface area contributed by atoms with E-state index in [-0.39, 0.29) is 23.5 Å². The van der Waals surface area contributed by atoms with Gasteiger partial charge in [0, 0.05) is 35.7 Å². The van der Waals surface area contributed by atoms with Crippen LogP contribution in [0.2, 0.25) is 0 Å². The summed E-state index contributed by atoms with van der Waals surface area (Å²) in [7, 11) is 1.31. The van der Waals surface area contributed by atoms with E-state index in [1.165, 1.54) is 49.8 Å². The molecule has 3 aliphatic carbocycles. The maximum Gasteiger partial charge on any atom is 0.330 e. The van der Waals surface area contributed by atoms with E-state index >= 15 is 0 Å². The maximum absolute atomic E-state index is 12.5. The van der Waals surface area contributed by atoms with Crippen molar-refractivity contribution in [3.63, 3.8) is 0 Å². The summed E-state index contributed by atoms with van der Waals surface area (Å²) in [4.78, 5) is 26.7. The molecule has 2 heterocycles. The lowest BCUT2D eigenvalue weighted by atomic mass is 9.51. The number of piperidine rings is 1. The largest absolute Gasteiger partial charge is 0.487 e. The van der Waals surface area contributed by atoms with Crippen LogP contribution in [0.15, 0.2) is 30.4 Å². The van der Waals surface area contributed by atoms with Crippen LogP contribution in [0.3, 0.4) is 0 Å². The zero-order chi connectivity index (χ0) is 21.2. The predicted octanol–water partition coefficient (Wildman–Crippen LogP) is 2.35. The average molecular weight is 423 g/mol. The molecule has 2 aliphatic heterocycles. The van der Waals surface area contributed by atoms with Crippen molar-refractivity contribution in [3.8, 4) is 5.75 Å². The van der Waals surface area contributed by atoms with Gasteiger partial charge in [-0.3, -0.25) is 9.69 Å². The summed E-state index contributed by atoms with van der Waals surface area (Å²) in [6, 6.07) is 7.04. The number of likely N-dealkylation sites (tertiary alicyclic amines) is 1. The van der Waals surface area contributed by atoms with Crippen molar-refractivity contribution >= 4 is 11.9 Å². The quantitative estimate of drug-likeness (QED) is 0.583. The fraction of sp³-hybridized carbons (Fsp3) is 0.600. The lowest BCUT2D eigenvalue weighted by molar-refractivity contribution is -0.135. The molecule has 1 aromatic carbocycles. The zero-order valence-electron chi connectivity index (χ0n) is 18.0. The van der Waals surface area contributed by atoms with Gasteiger partial charge in [0.05, 0.1) is 13.2 Å². The third-order valence-corrected chi connectivity index (χ3v) is 8.42. The Morgan fingerprint density at radius 2 is 2.13 bits per heavy atom. The van der Waals surface area contributed by atoms with Crippen LogP contribution in [-0.4, -0.2) is 55.2 Å². The fourth-order valence-corrected chi connectivity index (χ4v) is 7.05. The standard InChI is InChI=1S/C25H30N2O4/c1-30-22(29)10-9-21(28)26-18-8-7-17-19-13-16-3-2-4-20-23(16)25(17,24(18)31-20)11-12-27(19)14-15-5-6-15/h2-4,9-10,15,17-19,24H,5-8,11-14H2,1H3,(H,26,28)/b10-9+/t17-,18+,19+,24-,25-/m0/s1. The van der Waals surface area contributed by atoms with Crippen LogP contribution >= 0.6 is 0 Å². The molecule has 0 unspecified atom stereocenters. The zero-order valence-corrected chi connectivity index (χ0v) is 18.0. The molecule has 1 N–H and O–H groups in total. The smallest absolute Gasteiger partial charge is 0.330 e. The topological polar surface area (TPSA) is 67.9 Å². The van der Waals surface area contributed by atoms with E-state index in [1.807, 2.05) is 0 Å². The van der Waals surface area contributed by atoms with E-state index in [9.17, 15) is 9.59 Å². The summed E-state index contributed by atoms with van der Waals surface area (Å²) >= 11 is 0. The third kappa shape index (κ3) is 2.94. The SMILES string of the molecule is COC(=O)/C=C/C(=O)N[C@@H]1CC[C@H]2[C@H]3Cc4cccc5c4[C@@]2(CCN3CC2CC2)[C@H]1O5. The number of nitrogens with one attached hydrogen (secondary N) is 1. The van der Waals surface area contributed by atoms with Crippen molar-refractivity contribution in [2.75, 3.05) is 20.2 Å². The van der Waals surface area contributed by atoms with Crippen molar-refractivity contribution < 1.29 is 19.1 Å². The second-order valence-corrected chi connectivity index (χ2v) is 9.98. The van der Waals surface area contributed by atoms with Crippen LogP contribution in [0.4, 0.5) is 0 Å². The van der Waals surface area contributed by atoms with Gasteiger partial charge < -0.3 is 14.8 Å². The first-order valence-electron chi connectivity index (χ1n) is 11.7. The summed E-state index contributed by atoms with van der Waals surface area (Å²) in [5, 5.41) is 3.15. The summed E-state index contributed by atoms with van der Waals surface area (Å²) in [6.07, 6.45) is 9.41. The van der Waals surface area contributed by atoms with Crippen molar-refractivity contribution in [2.45, 2.75) is 62.1 Å². The Balaban J connectivity index is 1.32. The van der Waals surface area contributed by atoms with Gasteiger partial charge >= 0.3 is 5.97 Å². The number of rotatable bonds is 5. The number of carbonyl (C=O) groups is 2. The molecule has 1 aromatic rings. The van der Waals surface area contributed by atoms with E-state index in [0.29, 0.717) is 12.0 Å². The molecule has 31 heavy (non-hydrogen) atoms. The van der Waals surface area contributed by atoms with Gasteiger partial charge in [0.25, 0.3) is 0 Å². The second kappa shape index (κ2) is 7.09. The lowest BCUT2D eigenvalue weighted by Gasteiger charge is -2.59. The number of methoxy groups -OCH3 is 1. The highest BCUT2D eigenvalue weighted by atomic mass is 16.5. The molecular weight excluding hydrogens is 392 g/mol. The highest BCUT2D eigenvalue weighted by molar-refractivity contribution is 5.94. The molecule has 6 heteroatoms. The summed E-state index contributed by atoms with van der Waals surface area (Å²) in [6.45, 7) is 2.37. The lowest BCUT2D eigenvalue weighted by Crippen LogP contribution is -2.69. The highest BCUT2D eigenvalue weighted by Crippen LogP contribution is 2.62. The van der Waals surface area contributed by atoms with E-state index < -0.39 is 5.97 Å². The van der Waals surface area contributed by atoms with Gasteiger partial charge in [0.15, 0.2) is 0 Å². The number of carbonyl (C=O) groups excluding carboxylic acids is 2. The molecule has 1 spiro atoms. The van der Waals surface area contributed by atoms with Crippen molar-refractivity contribution in [2.24, 2.45) is 11.8 Å². The number of hydrogen-bond donors (Lipinski definition) is 1. The van der Waals surface area contributed by atoms with Crippen molar-refractivity contribution in [3.05, 3.63) is 41.5 Å². The number of esters is 1. The Labute approximate surface area is 183 Å². The molecule has 6 nitrogen and oxygen atoms in total. The number of hydrogen-bond acceptors (Lipinski definition) is 5. The molecule has 1 saturated heterocycles. The number of benzene rings is 1. The van der Waals surface area contributed by atoms with Gasteiger partial charge in [-0.05, 0) is 68.5 Å². The normalized spacial score (nSPS) is 35.4. The van der Waals surface area contributed by atoms with Gasteiger partial charge in [0.1, 0.15) is 11.9 Å². The minimum Gasteiger partial charge on any atom is -0.487 e. The number of amides is 1. The summed E-state index contributed by atoms with van der Waals surface area (Å²) < 4.78 is 11.2. The van der Waals surface area contributed by atoms with Crippen LogP contribution in [0.1, 0.15) is 43.2 Å². The minimum atomic E-state index is -0.523. The third-order valence-electron chi connectivity index (χ3n) is 8.42. The molecule has 1 amide bonds. The summed E-state index contributed by atoms with van der Waals surface area (Å²) in [5.74, 6) is 1.72. The van der Waals surface area contributed by atoms with Gasteiger partial charge in [-0.15, -0.1) is 0 Å². The Bertz CT molecular complexity index is 955. The van der Waals surface area contributed by atoms with Gasteiger partial charge in [-0.25, -0.2) is 4.79 Å². The molecule has 164 valence electrons. The first-order valence-corrected chi connectivity index (χ1v) is 11.7. The Hall–Kier alpha value is -2.34. The summed E-state index contributed by atoms with van der Waals surface area (Å²) in [5.41, 5.74) is 2.87. The van der Waals surface area contributed by atoms with Crippen LogP contribution in [0.5, 0.6) is 5.75 Å². The minimum absolute atomic E-state index is 0.00282. The van der Waals surface area contributed by atoms with Crippen molar-refractivity contribution in [1.82, 2.24) is 10.2 Å². The molecule has 0 aromatic heterocycles.